The highest BCUT2D eigenvalue weighted by Crippen LogP contribution is 2.28. The zero-order chi connectivity index (χ0) is 21.0. The molecule has 7 heteroatoms. The molecule has 0 bridgehead atoms. The quantitative estimate of drug-likeness (QED) is 0.577. The zero-order valence-corrected chi connectivity index (χ0v) is 17.1. The van der Waals surface area contributed by atoms with Gasteiger partial charge in [-0.25, -0.2) is 4.79 Å². The van der Waals surface area contributed by atoms with Crippen molar-refractivity contribution in [2.45, 2.75) is 78.8 Å². The largest absolute Gasteiger partial charge is 0.460 e. The third-order valence-corrected chi connectivity index (χ3v) is 5.96. The summed E-state index contributed by atoms with van der Waals surface area (Å²) in [5.41, 5.74) is 0. The molecule has 9 atom stereocenters. The number of aliphatic hydroxyl groups is 3. The molecule has 156 valence electrons. The molecule has 0 aromatic rings. The molecule has 0 spiro atoms. The highest BCUT2D eigenvalue weighted by atomic mass is 16.6. The second-order valence-electron chi connectivity index (χ2n) is 8.09. The lowest BCUT2D eigenvalue weighted by Crippen LogP contribution is -2.47. The predicted molar refractivity (Wildman–Crippen MR) is 98.6 cm³/mol. The van der Waals surface area contributed by atoms with E-state index in [1.54, 1.807) is 34.6 Å². The molecule has 1 saturated heterocycles. The molecular weight excluding hydrogens is 352 g/mol. The van der Waals surface area contributed by atoms with Crippen LogP contribution in [0.2, 0.25) is 0 Å². The van der Waals surface area contributed by atoms with Gasteiger partial charge in [0.2, 0.25) is 0 Å². The van der Waals surface area contributed by atoms with Crippen molar-refractivity contribution in [1.82, 2.24) is 0 Å². The summed E-state index contributed by atoms with van der Waals surface area (Å²) >= 11 is 0. The van der Waals surface area contributed by atoms with Crippen LogP contribution in [-0.2, 0) is 19.1 Å². The van der Waals surface area contributed by atoms with E-state index in [1.165, 1.54) is 6.92 Å². The molecule has 0 aromatic carbocycles. The van der Waals surface area contributed by atoms with Gasteiger partial charge in [-0.05, 0) is 12.8 Å². The highest BCUT2D eigenvalue weighted by molar-refractivity contribution is 5.87. The number of esters is 1. The van der Waals surface area contributed by atoms with Crippen LogP contribution in [0.4, 0.5) is 0 Å². The second-order valence-corrected chi connectivity index (χ2v) is 8.09. The molecule has 1 unspecified atom stereocenters. The Morgan fingerprint density at radius 1 is 0.852 bits per heavy atom. The number of rotatable bonds is 1. The number of ether oxygens (including phenoxy) is 1. The average molecular weight is 386 g/mol. The minimum absolute atomic E-state index is 0.152. The third kappa shape index (κ3) is 5.36. The molecule has 0 amide bonds. The number of cyclic esters (lactones) is 1. The van der Waals surface area contributed by atoms with Crippen molar-refractivity contribution < 1.29 is 34.4 Å². The number of hydrogen-bond acceptors (Lipinski definition) is 7. The van der Waals surface area contributed by atoms with Crippen molar-refractivity contribution in [1.29, 1.82) is 0 Å². The Labute approximate surface area is 161 Å². The Bertz CT molecular complexity index is 546. The Kier molecular flexibility index (Phi) is 8.57. The van der Waals surface area contributed by atoms with Crippen molar-refractivity contribution in [2.75, 3.05) is 0 Å². The van der Waals surface area contributed by atoms with Crippen molar-refractivity contribution >= 4 is 17.5 Å². The van der Waals surface area contributed by atoms with Gasteiger partial charge in [-0.15, -0.1) is 0 Å². The number of carbonyl (C=O) groups excluding carboxylic acids is 3. The van der Waals surface area contributed by atoms with E-state index in [4.69, 9.17) is 4.74 Å². The molecule has 1 rings (SSSR count). The average Bonchev–Trinajstić information content (AvgIpc) is 2.66. The van der Waals surface area contributed by atoms with Crippen LogP contribution in [0.1, 0.15) is 54.4 Å². The SMILES string of the molecule is CC[C@H]1OC(=O)C(O)[C@@H](O)[C@H](C)C(=O)[C@@H](C)C[C@@H](C)C(=O)[C@H](C)[C@@H](O)[C@H]1C. The second kappa shape index (κ2) is 9.75. The number of aliphatic hydroxyl groups excluding tert-OH is 3. The molecule has 0 aliphatic carbocycles. The summed E-state index contributed by atoms with van der Waals surface area (Å²) in [5.74, 6) is -4.70. The minimum Gasteiger partial charge on any atom is -0.460 e. The first-order chi connectivity index (χ1) is 12.4. The first-order valence-electron chi connectivity index (χ1n) is 9.76. The van der Waals surface area contributed by atoms with Gasteiger partial charge < -0.3 is 20.1 Å². The monoisotopic (exact) mass is 386 g/mol. The van der Waals surface area contributed by atoms with Gasteiger partial charge >= 0.3 is 5.97 Å². The molecule has 0 radical (unpaired) electrons. The van der Waals surface area contributed by atoms with Gasteiger partial charge in [0.25, 0.3) is 0 Å². The summed E-state index contributed by atoms with van der Waals surface area (Å²) in [6.45, 7) is 9.90. The predicted octanol–water partition coefficient (Wildman–Crippen LogP) is 1.11. The fraction of sp³-hybridized carbons (Fsp3) is 0.850. The van der Waals surface area contributed by atoms with E-state index in [0.29, 0.717) is 6.42 Å². The number of ketones is 2. The molecular formula is C20H34O7. The fourth-order valence-corrected chi connectivity index (χ4v) is 3.87. The van der Waals surface area contributed by atoms with Gasteiger partial charge in [-0.2, -0.15) is 0 Å². The number of hydrogen-bond donors (Lipinski definition) is 3. The standard InChI is InChI=1S/C20H34O7/c1-7-14-11(4)17(23)12(5)15(21)9(2)8-10(3)16(22)13(6)18(24)19(25)20(26)27-14/h9-14,17-19,23-25H,7-8H2,1-6H3/t9-,10+,11+,12+,13-,14-,17+,18+,19?/m1/s1. The van der Waals surface area contributed by atoms with Crippen LogP contribution < -0.4 is 0 Å². The Morgan fingerprint density at radius 3 is 1.74 bits per heavy atom. The number of Topliss-reactive ketones (excluding diaryl/α,β-unsaturated/α-hetero) is 2. The van der Waals surface area contributed by atoms with Gasteiger partial charge in [0.05, 0.1) is 6.10 Å². The Balaban J connectivity index is 3.25. The smallest absolute Gasteiger partial charge is 0.338 e. The van der Waals surface area contributed by atoms with Crippen LogP contribution in [0.25, 0.3) is 0 Å². The van der Waals surface area contributed by atoms with Crippen LogP contribution in [0.5, 0.6) is 0 Å². The molecule has 1 heterocycles. The van der Waals surface area contributed by atoms with Gasteiger partial charge in [0.15, 0.2) is 6.10 Å². The first kappa shape index (κ1) is 23.7. The third-order valence-electron chi connectivity index (χ3n) is 5.96. The first-order valence-corrected chi connectivity index (χ1v) is 9.76. The van der Waals surface area contributed by atoms with Crippen LogP contribution in [0.3, 0.4) is 0 Å². The fourth-order valence-electron chi connectivity index (χ4n) is 3.87. The van der Waals surface area contributed by atoms with Crippen LogP contribution in [0, 0.1) is 29.6 Å². The zero-order valence-electron chi connectivity index (χ0n) is 17.1. The van der Waals surface area contributed by atoms with E-state index in [1.807, 2.05) is 0 Å². The van der Waals surface area contributed by atoms with Crippen LogP contribution in [-0.4, -0.2) is 57.3 Å². The lowest BCUT2D eigenvalue weighted by Gasteiger charge is -2.33. The van der Waals surface area contributed by atoms with Crippen molar-refractivity contribution in [3.63, 3.8) is 0 Å². The summed E-state index contributed by atoms with van der Waals surface area (Å²) in [6, 6.07) is 0. The summed E-state index contributed by atoms with van der Waals surface area (Å²) in [6.07, 6.45) is -4.57. The van der Waals surface area contributed by atoms with Gasteiger partial charge in [-0.3, -0.25) is 9.59 Å². The minimum atomic E-state index is -1.85. The van der Waals surface area contributed by atoms with Crippen LogP contribution in [0.15, 0.2) is 0 Å². The maximum atomic E-state index is 12.7. The molecule has 1 aliphatic heterocycles. The van der Waals surface area contributed by atoms with Gasteiger partial charge in [0.1, 0.15) is 23.8 Å². The molecule has 1 fully saturated rings. The molecule has 0 saturated carbocycles. The summed E-state index contributed by atoms with van der Waals surface area (Å²) in [7, 11) is 0. The maximum absolute atomic E-state index is 12.7. The summed E-state index contributed by atoms with van der Waals surface area (Å²) in [5, 5.41) is 31.0. The van der Waals surface area contributed by atoms with Crippen LogP contribution >= 0.6 is 0 Å². The molecule has 7 nitrogen and oxygen atoms in total. The van der Waals surface area contributed by atoms with E-state index in [2.05, 4.69) is 0 Å². The van der Waals surface area contributed by atoms with E-state index in [-0.39, 0.29) is 18.0 Å². The van der Waals surface area contributed by atoms with Crippen molar-refractivity contribution in [3.05, 3.63) is 0 Å². The molecule has 1 aliphatic rings. The maximum Gasteiger partial charge on any atom is 0.338 e. The van der Waals surface area contributed by atoms with E-state index < -0.39 is 60.0 Å². The lowest BCUT2D eigenvalue weighted by molar-refractivity contribution is -0.173. The Morgan fingerprint density at radius 2 is 1.30 bits per heavy atom. The van der Waals surface area contributed by atoms with Gasteiger partial charge in [-0.1, -0.05) is 41.5 Å². The van der Waals surface area contributed by atoms with Crippen molar-refractivity contribution in [2.24, 2.45) is 29.6 Å². The normalized spacial score (nSPS) is 43.1. The van der Waals surface area contributed by atoms with Crippen molar-refractivity contribution in [3.8, 4) is 0 Å². The topological polar surface area (TPSA) is 121 Å². The number of carbonyl (C=O) groups is 3. The summed E-state index contributed by atoms with van der Waals surface area (Å²) < 4.78 is 5.30. The van der Waals surface area contributed by atoms with E-state index in [0.717, 1.165) is 0 Å². The van der Waals surface area contributed by atoms with Gasteiger partial charge in [0, 0.05) is 29.6 Å². The van der Waals surface area contributed by atoms with E-state index >= 15 is 0 Å². The Hall–Kier alpha value is -1.31. The molecule has 0 aromatic heterocycles. The molecule has 3 N–H and O–H groups in total. The lowest BCUT2D eigenvalue weighted by atomic mass is 9.78. The summed E-state index contributed by atoms with van der Waals surface area (Å²) in [4.78, 5) is 37.5. The highest BCUT2D eigenvalue weighted by Gasteiger charge is 2.40. The van der Waals surface area contributed by atoms with E-state index in [9.17, 15) is 29.7 Å². The molecule has 27 heavy (non-hydrogen) atoms.